The van der Waals surface area contributed by atoms with E-state index in [1.54, 1.807) is 0 Å². The molecule has 1 aromatic carbocycles. The molecule has 0 aliphatic heterocycles. The number of rotatable bonds is 4. The molecule has 4 nitrogen and oxygen atoms in total. The molecular formula is C14H14O4. The third-order valence-corrected chi connectivity index (χ3v) is 2.47. The highest BCUT2D eigenvalue weighted by atomic mass is 16.5. The molecule has 0 spiro atoms. The van der Waals surface area contributed by atoms with Crippen LogP contribution in [-0.2, 0) is 6.61 Å². The molecule has 18 heavy (non-hydrogen) atoms. The van der Waals surface area contributed by atoms with Crippen LogP contribution in [0.25, 0.3) is 0 Å². The first kappa shape index (κ1) is 12.4. The van der Waals surface area contributed by atoms with E-state index < -0.39 is 6.10 Å². The second kappa shape index (κ2) is 5.51. The summed E-state index contributed by atoms with van der Waals surface area (Å²) in [6.45, 7) is 1.84. The number of ether oxygens (including phenoxy) is 1. The summed E-state index contributed by atoms with van der Waals surface area (Å²) in [5.74, 6) is 0.371. The molecule has 0 unspecified atom stereocenters. The molecule has 1 aromatic heterocycles. The van der Waals surface area contributed by atoms with Crippen LogP contribution in [0, 0.1) is 0 Å². The van der Waals surface area contributed by atoms with Crippen molar-refractivity contribution in [1.82, 2.24) is 0 Å². The van der Waals surface area contributed by atoms with Crippen molar-refractivity contribution in [3.8, 4) is 5.75 Å². The Hall–Kier alpha value is -2.07. The summed E-state index contributed by atoms with van der Waals surface area (Å²) in [7, 11) is 0. The second-order valence-corrected chi connectivity index (χ2v) is 3.96. The first-order valence-electron chi connectivity index (χ1n) is 5.64. The maximum atomic E-state index is 11.7. The standard InChI is InChI=1S/C14H14O4/c1-10(15)13-7-12(16)14(9-18-13)17-8-11-5-3-2-4-6-11/h2-7,9-10,15H,8H2,1H3/t10-/m1/s1. The van der Waals surface area contributed by atoms with Crippen molar-refractivity contribution in [3.63, 3.8) is 0 Å². The Bertz CT molecular complexity index is 558. The Morgan fingerprint density at radius 2 is 2.06 bits per heavy atom. The lowest BCUT2D eigenvalue weighted by molar-refractivity contribution is 0.164. The number of aliphatic hydroxyl groups excluding tert-OH is 1. The van der Waals surface area contributed by atoms with E-state index in [1.165, 1.54) is 19.3 Å². The van der Waals surface area contributed by atoms with Crippen LogP contribution in [0.2, 0.25) is 0 Å². The van der Waals surface area contributed by atoms with Crippen LogP contribution in [0.15, 0.2) is 51.9 Å². The zero-order chi connectivity index (χ0) is 13.0. The molecule has 94 valence electrons. The van der Waals surface area contributed by atoms with Crippen LogP contribution in [0.4, 0.5) is 0 Å². The van der Waals surface area contributed by atoms with E-state index in [0.717, 1.165) is 5.56 Å². The summed E-state index contributed by atoms with van der Waals surface area (Å²) in [4.78, 5) is 11.7. The molecule has 0 amide bonds. The van der Waals surface area contributed by atoms with Gasteiger partial charge in [-0.1, -0.05) is 30.3 Å². The fourth-order valence-electron chi connectivity index (χ4n) is 1.47. The molecular weight excluding hydrogens is 232 g/mol. The molecule has 0 aliphatic rings. The van der Waals surface area contributed by atoms with Crippen LogP contribution < -0.4 is 10.2 Å². The summed E-state index contributed by atoms with van der Waals surface area (Å²) in [5, 5.41) is 9.27. The van der Waals surface area contributed by atoms with E-state index in [9.17, 15) is 9.90 Å². The minimum Gasteiger partial charge on any atom is -0.482 e. The van der Waals surface area contributed by atoms with E-state index in [2.05, 4.69) is 0 Å². The van der Waals surface area contributed by atoms with Gasteiger partial charge in [0.1, 0.15) is 24.7 Å². The van der Waals surface area contributed by atoms with Crippen molar-refractivity contribution in [1.29, 1.82) is 0 Å². The summed E-state index contributed by atoms with van der Waals surface area (Å²) >= 11 is 0. The van der Waals surface area contributed by atoms with Crippen LogP contribution in [0.1, 0.15) is 24.4 Å². The molecule has 2 aromatic rings. The van der Waals surface area contributed by atoms with Crippen molar-refractivity contribution >= 4 is 0 Å². The normalized spacial score (nSPS) is 12.1. The fraction of sp³-hybridized carbons (Fsp3) is 0.214. The van der Waals surface area contributed by atoms with Gasteiger partial charge in [-0.15, -0.1) is 0 Å². The predicted molar refractivity (Wildman–Crippen MR) is 66.4 cm³/mol. The Morgan fingerprint density at radius 3 is 2.67 bits per heavy atom. The highest BCUT2D eigenvalue weighted by Crippen LogP contribution is 2.13. The summed E-state index contributed by atoms with van der Waals surface area (Å²) in [6, 6.07) is 10.8. The van der Waals surface area contributed by atoms with Crippen LogP contribution in [0.3, 0.4) is 0 Å². The smallest absolute Gasteiger partial charge is 0.227 e. The molecule has 0 aliphatic carbocycles. The summed E-state index contributed by atoms with van der Waals surface area (Å²) < 4.78 is 10.5. The molecule has 1 heterocycles. The fourth-order valence-corrected chi connectivity index (χ4v) is 1.47. The Morgan fingerprint density at radius 1 is 1.33 bits per heavy atom. The van der Waals surface area contributed by atoms with E-state index >= 15 is 0 Å². The zero-order valence-electron chi connectivity index (χ0n) is 10.00. The minimum atomic E-state index is -0.805. The molecule has 0 bridgehead atoms. The summed E-state index contributed by atoms with van der Waals surface area (Å²) in [6.07, 6.45) is 0.425. The lowest BCUT2D eigenvalue weighted by Crippen LogP contribution is -2.08. The van der Waals surface area contributed by atoms with Gasteiger partial charge in [0.05, 0.1) is 0 Å². The predicted octanol–water partition coefficient (Wildman–Crippen LogP) is 2.27. The third-order valence-electron chi connectivity index (χ3n) is 2.47. The van der Waals surface area contributed by atoms with Gasteiger partial charge in [-0.25, -0.2) is 0 Å². The summed E-state index contributed by atoms with van der Waals surface area (Å²) in [5.41, 5.74) is 0.671. The highest BCUT2D eigenvalue weighted by molar-refractivity contribution is 5.20. The van der Waals surface area contributed by atoms with Crippen molar-refractivity contribution in [2.75, 3.05) is 0 Å². The topological polar surface area (TPSA) is 59.7 Å². The van der Waals surface area contributed by atoms with Gasteiger partial charge in [0.15, 0.2) is 0 Å². The van der Waals surface area contributed by atoms with E-state index in [4.69, 9.17) is 9.15 Å². The van der Waals surface area contributed by atoms with Gasteiger partial charge < -0.3 is 14.3 Å². The van der Waals surface area contributed by atoms with Crippen molar-refractivity contribution in [3.05, 3.63) is 64.2 Å². The molecule has 2 rings (SSSR count). The number of hydrogen-bond donors (Lipinski definition) is 1. The van der Waals surface area contributed by atoms with Gasteiger partial charge >= 0.3 is 0 Å². The van der Waals surface area contributed by atoms with Gasteiger partial charge in [0.2, 0.25) is 11.2 Å². The van der Waals surface area contributed by atoms with Gasteiger partial charge in [0.25, 0.3) is 0 Å². The Kier molecular flexibility index (Phi) is 3.79. The Labute approximate surface area is 104 Å². The maximum Gasteiger partial charge on any atom is 0.227 e. The first-order chi connectivity index (χ1) is 8.66. The molecule has 0 radical (unpaired) electrons. The Balaban J connectivity index is 2.09. The third kappa shape index (κ3) is 2.99. The molecule has 4 heteroatoms. The van der Waals surface area contributed by atoms with E-state index in [-0.39, 0.29) is 16.9 Å². The molecule has 1 N–H and O–H groups in total. The SMILES string of the molecule is C[C@@H](O)c1cc(=O)c(OCc2ccccc2)co1. The van der Waals surface area contributed by atoms with Crippen LogP contribution >= 0.6 is 0 Å². The van der Waals surface area contributed by atoms with Gasteiger partial charge in [-0.3, -0.25) is 4.79 Å². The van der Waals surface area contributed by atoms with Crippen molar-refractivity contribution in [2.24, 2.45) is 0 Å². The average Bonchev–Trinajstić information content (AvgIpc) is 2.38. The molecule has 0 fully saturated rings. The van der Waals surface area contributed by atoms with Gasteiger partial charge in [0, 0.05) is 6.07 Å². The molecule has 1 atom stereocenters. The molecule has 0 saturated carbocycles. The highest BCUT2D eigenvalue weighted by Gasteiger charge is 2.08. The minimum absolute atomic E-state index is 0.142. The number of hydrogen-bond acceptors (Lipinski definition) is 4. The molecule has 0 saturated heterocycles. The van der Waals surface area contributed by atoms with Crippen molar-refractivity contribution in [2.45, 2.75) is 19.6 Å². The van der Waals surface area contributed by atoms with Crippen LogP contribution in [0.5, 0.6) is 5.75 Å². The van der Waals surface area contributed by atoms with Crippen molar-refractivity contribution < 1.29 is 14.3 Å². The lowest BCUT2D eigenvalue weighted by atomic mass is 10.2. The van der Waals surface area contributed by atoms with E-state index in [1.807, 2.05) is 30.3 Å². The van der Waals surface area contributed by atoms with Gasteiger partial charge in [-0.05, 0) is 12.5 Å². The quantitative estimate of drug-likeness (QED) is 0.899. The van der Waals surface area contributed by atoms with Crippen LogP contribution in [-0.4, -0.2) is 5.11 Å². The largest absolute Gasteiger partial charge is 0.482 e. The zero-order valence-corrected chi connectivity index (χ0v) is 10.00. The average molecular weight is 246 g/mol. The monoisotopic (exact) mass is 246 g/mol. The van der Waals surface area contributed by atoms with Gasteiger partial charge in [-0.2, -0.15) is 0 Å². The lowest BCUT2D eigenvalue weighted by Gasteiger charge is -2.07. The van der Waals surface area contributed by atoms with E-state index in [0.29, 0.717) is 6.61 Å². The second-order valence-electron chi connectivity index (χ2n) is 3.96. The first-order valence-corrected chi connectivity index (χ1v) is 5.64. The number of aliphatic hydroxyl groups is 1. The maximum absolute atomic E-state index is 11.7. The number of benzene rings is 1.